The first-order valence-corrected chi connectivity index (χ1v) is 5.94. The summed E-state index contributed by atoms with van der Waals surface area (Å²) in [6.07, 6.45) is 2.52. The molecular weight excluding hydrogens is 182 g/mol. The van der Waals surface area contributed by atoms with Gasteiger partial charge in [0.1, 0.15) is 0 Å². The number of carbonyl (C=O) groups is 1. The van der Waals surface area contributed by atoms with Gasteiger partial charge in [-0.2, -0.15) is 11.8 Å². The molecule has 1 rings (SSSR count). The molecule has 76 valence electrons. The van der Waals surface area contributed by atoms with Gasteiger partial charge in [0.25, 0.3) is 0 Å². The van der Waals surface area contributed by atoms with Crippen LogP contribution in [0, 0.1) is 5.92 Å². The van der Waals surface area contributed by atoms with E-state index in [2.05, 4.69) is 12.2 Å². The molecule has 0 spiro atoms. The SMILES string of the molecule is CC(C)C(=O)NCC1(C)CCCS1. The first-order valence-electron chi connectivity index (χ1n) is 4.95. The molecule has 1 aliphatic rings. The number of hydrogen-bond donors (Lipinski definition) is 1. The summed E-state index contributed by atoms with van der Waals surface area (Å²) in [6, 6.07) is 0. The molecule has 0 aromatic carbocycles. The van der Waals surface area contributed by atoms with Gasteiger partial charge in [-0.3, -0.25) is 4.79 Å². The molecule has 1 fully saturated rings. The Morgan fingerprint density at radius 3 is 2.77 bits per heavy atom. The first-order chi connectivity index (χ1) is 6.03. The summed E-state index contributed by atoms with van der Waals surface area (Å²) in [5.74, 6) is 1.53. The van der Waals surface area contributed by atoms with Crippen LogP contribution in [0.4, 0.5) is 0 Å². The monoisotopic (exact) mass is 201 g/mol. The smallest absolute Gasteiger partial charge is 0.222 e. The Labute approximate surface area is 84.9 Å². The van der Waals surface area contributed by atoms with Crippen molar-refractivity contribution in [2.75, 3.05) is 12.3 Å². The Bertz CT molecular complexity index is 185. The summed E-state index contributed by atoms with van der Waals surface area (Å²) in [5, 5.41) is 3.00. The third kappa shape index (κ3) is 3.22. The zero-order chi connectivity index (χ0) is 9.90. The van der Waals surface area contributed by atoms with Crippen LogP contribution < -0.4 is 5.32 Å². The van der Waals surface area contributed by atoms with Crippen molar-refractivity contribution in [3.05, 3.63) is 0 Å². The molecule has 1 heterocycles. The number of thioether (sulfide) groups is 1. The summed E-state index contributed by atoms with van der Waals surface area (Å²) in [6.45, 7) is 6.93. The van der Waals surface area contributed by atoms with Gasteiger partial charge in [-0.1, -0.05) is 13.8 Å². The van der Waals surface area contributed by atoms with Crippen molar-refractivity contribution in [3.8, 4) is 0 Å². The molecular formula is C10H19NOS. The van der Waals surface area contributed by atoms with Crippen LogP contribution in [0.25, 0.3) is 0 Å². The van der Waals surface area contributed by atoms with Gasteiger partial charge in [0.2, 0.25) is 5.91 Å². The number of nitrogens with one attached hydrogen (secondary N) is 1. The third-order valence-electron chi connectivity index (χ3n) is 2.46. The van der Waals surface area contributed by atoms with Gasteiger partial charge in [-0.15, -0.1) is 0 Å². The second kappa shape index (κ2) is 4.36. The lowest BCUT2D eigenvalue weighted by Crippen LogP contribution is -2.38. The van der Waals surface area contributed by atoms with Gasteiger partial charge in [0.15, 0.2) is 0 Å². The molecule has 13 heavy (non-hydrogen) atoms. The highest BCUT2D eigenvalue weighted by atomic mass is 32.2. The van der Waals surface area contributed by atoms with Gasteiger partial charge in [-0.05, 0) is 25.5 Å². The lowest BCUT2D eigenvalue weighted by Gasteiger charge is -2.23. The summed E-state index contributed by atoms with van der Waals surface area (Å²) >= 11 is 1.98. The molecule has 1 aliphatic heterocycles. The zero-order valence-corrected chi connectivity index (χ0v) is 9.54. The minimum absolute atomic E-state index is 0.106. The fourth-order valence-electron chi connectivity index (χ4n) is 1.45. The van der Waals surface area contributed by atoms with Crippen molar-refractivity contribution in [2.45, 2.75) is 38.4 Å². The normalized spacial score (nSPS) is 28.0. The van der Waals surface area contributed by atoms with E-state index in [0.29, 0.717) is 4.75 Å². The number of hydrogen-bond acceptors (Lipinski definition) is 2. The predicted octanol–water partition coefficient (Wildman–Crippen LogP) is 2.04. The van der Waals surface area contributed by atoms with Crippen molar-refractivity contribution < 1.29 is 4.79 Å². The first kappa shape index (κ1) is 10.9. The highest BCUT2D eigenvalue weighted by Crippen LogP contribution is 2.36. The van der Waals surface area contributed by atoms with E-state index in [1.807, 2.05) is 25.6 Å². The summed E-state index contributed by atoms with van der Waals surface area (Å²) in [5.41, 5.74) is 0. The fraction of sp³-hybridized carbons (Fsp3) is 0.900. The lowest BCUT2D eigenvalue weighted by molar-refractivity contribution is -0.124. The van der Waals surface area contributed by atoms with Crippen LogP contribution in [0.3, 0.4) is 0 Å². The minimum Gasteiger partial charge on any atom is -0.354 e. The Morgan fingerprint density at radius 2 is 2.31 bits per heavy atom. The molecule has 0 aromatic rings. The van der Waals surface area contributed by atoms with Crippen molar-refractivity contribution in [2.24, 2.45) is 5.92 Å². The molecule has 1 unspecified atom stereocenters. The van der Waals surface area contributed by atoms with Crippen LogP contribution in [0.5, 0.6) is 0 Å². The molecule has 0 aromatic heterocycles. The van der Waals surface area contributed by atoms with E-state index < -0.39 is 0 Å². The summed E-state index contributed by atoms with van der Waals surface area (Å²) in [7, 11) is 0. The molecule has 1 N–H and O–H groups in total. The number of rotatable bonds is 3. The Kier molecular flexibility index (Phi) is 3.65. The largest absolute Gasteiger partial charge is 0.354 e. The standard InChI is InChI=1S/C10H19NOS/c1-8(2)9(12)11-7-10(3)5-4-6-13-10/h8H,4-7H2,1-3H3,(H,11,12). The van der Waals surface area contributed by atoms with Gasteiger partial charge < -0.3 is 5.32 Å². The van der Waals surface area contributed by atoms with E-state index in [4.69, 9.17) is 0 Å². The van der Waals surface area contributed by atoms with Crippen LogP contribution in [0.15, 0.2) is 0 Å². The van der Waals surface area contributed by atoms with E-state index in [1.165, 1.54) is 18.6 Å². The van der Waals surface area contributed by atoms with E-state index in [9.17, 15) is 4.79 Å². The van der Waals surface area contributed by atoms with Gasteiger partial charge in [-0.25, -0.2) is 0 Å². The average molecular weight is 201 g/mol. The summed E-state index contributed by atoms with van der Waals surface area (Å²) < 4.78 is 0.296. The quantitative estimate of drug-likeness (QED) is 0.757. The van der Waals surface area contributed by atoms with Crippen LogP contribution in [0.1, 0.15) is 33.6 Å². The van der Waals surface area contributed by atoms with Crippen molar-refractivity contribution in [1.82, 2.24) is 5.32 Å². The number of amides is 1. The highest BCUT2D eigenvalue weighted by molar-refractivity contribution is 8.00. The van der Waals surface area contributed by atoms with Gasteiger partial charge in [0.05, 0.1) is 0 Å². The van der Waals surface area contributed by atoms with Crippen molar-refractivity contribution in [3.63, 3.8) is 0 Å². The maximum atomic E-state index is 11.3. The highest BCUT2D eigenvalue weighted by Gasteiger charge is 2.29. The summed E-state index contributed by atoms with van der Waals surface area (Å²) in [4.78, 5) is 11.3. The van der Waals surface area contributed by atoms with Crippen LogP contribution in [-0.2, 0) is 4.79 Å². The molecule has 0 saturated carbocycles. The van der Waals surface area contributed by atoms with Gasteiger partial charge in [0, 0.05) is 17.2 Å². The maximum absolute atomic E-state index is 11.3. The Balaban J connectivity index is 2.29. The van der Waals surface area contributed by atoms with Crippen molar-refractivity contribution >= 4 is 17.7 Å². The number of carbonyl (C=O) groups excluding carboxylic acids is 1. The van der Waals surface area contributed by atoms with Crippen molar-refractivity contribution in [1.29, 1.82) is 0 Å². The van der Waals surface area contributed by atoms with E-state index in [-0.39, 0.29) is 11.8 Å². The molecule has 1 saturated heterocycles. The van der Waals surface area contributed by atoms with Crippen LogP contribution >= 0.6 is 11.8 Å². The van der Waals surface area contributed by atoms with E-state index in [0.717, 1.165) is 6.54 Å². The molecule has 1 amide bonds. The lowest BCUT2D eigenvalue weighted by atomic mass is 10.1. The molecule has 0 bridgehead atoms. The molecule has 2 nitrogen and oxygen atoms in total. The second-order valence-electron chi connectivity index (χ2n) is 4.27. The van der Waals surface area contributed by atoms with E-state index in [1.54, 1.807) is 0 Å². The fourth-order valence-corrected chi connectivity index (χ4v) is 2.70. The van der Waals surface area contributed by atoms with Crippen LogP contribution in [0.2, 0.25) is 0 Å². The maximum Gasteiger partial charge on any atom is 0.222 e. The minimum atomic E-state index is 0.106. The third-order valence-corrected chi connectivity index (χ3v) is 4.00. The predicted molar refractivity (Wildman–Crippen MR) is 57.9 cm³/mol. The Hall–Kier alpha value is -0.180. The van der Waals surface area contributed by atoms with Crippen LogP contribution in [-0.4, -0.2) is 23.0 Å². The Morgan fingerprint density at radius 1 is 1.62 bits per heavy atom. The average Bonchev–Trinajstić information content (AvgIpc) is 2.48. The topological polar surface area (TPSA) is 29.1 Å². The van der Waals surface area contributed by atoms with Gasteiger partial charge >= 0.3 is 0 Å². The zero-order valence-electron chi connectivity index (χ0n) is 8.72. The second-order valence-corrected chi connectivity index (χ2v) is 5.96. The molecule has 1 atom stereocenters. The molecule has 0 aliphatic carbocycles. The molecule has 0 radical (unpaired) electrons. The van der Waals surface area contributed by atoms with E-state index >= 15 is 0 Å². The molecule has 3 heteroatoms.